The fourth-order valence-electron chi connectivity index (χ4n) is 3.34. The van der Waals surface area contributed by atoms with Gasteiger partial charge in [0.2, 0.25) is 0 Å². The van der Waals surface area contributed by atoms with Crippen LogP contribution in [-0.2, 0) is 0 Å². The largest absolute Gasteiger partial charge is 0.496 e. The summed E-state index contributed by atoms with van der Waals surface area (Å²) in [5.74, 6) is 0.509. The lowest BCUT2D eigenvalue weighted by Crippen LogP contribution is -2.44. The minimum atomic E-state index is -0.249. The summed E-state index contributed by atoms with van der Waals surface area (Å²) in [6.45, 7) is 2.09. The molecule has 6 nitrogen and oxygen atoms in total. The van der Waals surface area contributed by atoms with E-state index in [1.165, 1.54) is 0 Å². The summed E-state index contributed by atoms with van der Waals surface area (Å²) in [7, 11) is 1.61. The van der Waals surface area contributed by atoms with Crippen molar-refractivity contribution in [2.75, 3.05) is 13.7 Å². The smallest absolute Gasteiger partial charge is 0.269 e. The summed E-state index contributed by atoms with van der Waals surface area (Å²) in [5.41, 5.74) is 1.65. The molecule has 6 heteroatoms. The number of ether oxygens (including phenoxy) is 1. The molecule has 3 N–H and O–H groups in total. The van der Waals surface area contributed by atoms with Crippen molar-refractivity contribution in [3.63, 3.8) is 0 Å². The summed E-state index contributed by atoms with van der Waals surface area (Å²) in [4.78, 5) is 12.5. The van der Waals surface area contributed by atoms with Gasteiger partial charge in [0.25, 0.3) is 5.91 Å². The van der Waals surface area contributed by atoms with Crippen LogP contribution >= 0.6 is 0 Å². The number of aliphatic hydroxyl groups excluding tert-OH is 1. The number of hydrogen-bond acceptors (Lipinski definition) is 4. The van der Waals surface area contributed by atoms with Crippen molar-refractivity contribution in [3.05, 3.63) is 36.0 Å². The Kier molecular flexibility index (Phi) is 4.57. The second-order valence-electron chi connectivity index (χ2n) is 6.60. The predicted molar refractivity (Wildman–Crippen MR) is 90.9 cm³/mol. The Morgan fingerprint density at radius 2 is 2.29 bits per heavy atom. The van der Waals surface area contributed by atoms with Crippen molar-refractivity contribution >= 4 is 5.91 Å². The van der Waals surface area contributed by atoms with E-state index in [4.69, 9.17) is 4.74 Å². The predicted octanol–water partition coefficient (Wildman–Crippen LogP) is 2.37. The number of aromatic amines is 1. The van der Waals surface area contributed by atoms with Gasteiger partial charge < -0.3 is 15.2 Å². The fraction of sp³-hybridized carbons (Fsp3) is 0.444. The van der Waals surface area contributed by atoms with E-state index in [2.05, 4.69) is 15.5 Å². The zero-order chi connectivity index (χ0) is 17.2. The van der Waals surface area contributed by atoms with Crippen LogP contribution in [0.15, 0.2) is 30.3 Å². The molecular formula is C18H23N3O3. The number of nitrogens with one attached hydrogen (secondary N) is 2. The molecule has 0 aliphatic heterocycles. The molecule has 1 aromatic heterocycles. The molecular weight excluding hydrogens is 306 g/mol. The van der Waals surface area contributed by atoms with E-state index in [1.807, 2.05) is 31.2 Å². The number of carbonyl (C=O) groups excluding carboxylic acids is 1. The highest BCUT2D eigenvalue weighted by Crippen LogP contribution is 2.37. The third kappa shape index (κ3) is 3.01. The van der Waals surface area contributed by atoms with Crippen LogP contribution < -0.4 is 10.1 Å². The molecule has 0 bridgehead atoms. The number of carbonyl (C=O) groups is 1. The van der Waals surface area contributed by atoms with Crippen LogP contribution in [0.25, 0.3) is 11.3 Å². The first kappa shape index (κ1) is 16.5. The van der Waals surface area contributed by atoms with Gasteiger partial charge in [0.05, 0.1) is 19.4 Å². The first-order valence-electron chi connectivity index (χ1n) is 8.18. The number of H-pyrrole nitrogens is 1. The lowest BCUT2D eigenvalue weighted by Gasteiger charge is -2.29. The number of amides is 1. The van der Waals surface area contributed by atoms with E-state index in [1.54, 1.807) is 13.2 Å². The van der Waals surface area contributed by atoms with Gasteiger partial charge in [-0.1, -0.05) is 25.5 Å². The van der Waals surface area contributed by atoms with Gasteiger partial charge >= 0.3 is 0 Å². The van der Waals surface area contributed by atoms with Gasteiger partial charge in [0, 0.05) is 17.0 Å². The summed E-state index contributed by atoms with van der Waals surface area (Å²) >= 11 is 0. The third-order valence-corrected chi connectivity index (χ3v) is 4.95. The average Bonchev–Trinajstić information content (AvgIpc) is 3.23. The van der Waals surface area contributed by atoms with Gasteiger partial charge in [0.1, 0.15) is 11.4 Å². The summed E-state index contributed by atoms with van der Waals surface area (Å²) < 4.78 is 5.34. The number of methoxy groups -OCH3 is 1. The van der Waals surface area contributed by atoms with Crippen molar-refractivity contribution in [1.29, 1.82) is 0 Å². The van der Waals surface area contributed by atoms with Crippen LogP contribution in [0.1, 0.15) is 36.7 Å². The average molecular weight is 329 g/mol. The molecule has 1 saturated carbocycles. The normalized spacial score (nSPS) is 23.2. The molecule has 3 rings (SSSR count). The molecule has 2 unspecified atom stereocenters. The minimum absolute atomic E-state index is 0.0204. The zero-order valence-corrected chi connectivity index (χ0v) is 14.0. The number of hydrogen-bond donors (Lipinski definition) is 3. The lowest BCUT2D eigenvalue weighted by molar-refractivity contribution is 0.0826. The van der Waals surface area contributed by atoms with E-state index in [0.29, 0.717) is 17.1 Å². The van der Waals surface area contributed by atoms with Crippen molar-refractivity contribution in [3.8, 4) is 17.0 Å². The minimum Gasteiger partial charge on any atom is -0.496 e. The van der Waals surface area contributed by atoms with Crippen molar-refractivity contribution in [2.45, 2.75) is 32.2 Å². The molecule has 1 aliphatic rings. The van der Waals surface area contributed by atoms with Gasteiger partial charge in [-0.2, -0.15) is 5.10 Å². The van der Waals surface area contributed by atoms with E-state index >= 15 is 0 Å². The van der Waals surface area contributed by atoms with Crippen LogP contribution in [0, 0.1) is 5.41 Å². The standard InChI is InChI=1S/C18H23N3O3/c1-18(11-22)9-5-8-16(18)19-17(23)14-10-13(20-21-14)12-6-3-4-7-15(12)24-2/h3-4,6-7,10,16,22H,5,8-9,11H2,1-2H3,(H,19,23)(H,20,21). The number of nitrogens with zero attached hydrogens (tertiary/aromatic N) is 1. The topological polar surface area (TPSA) is 87.2 Å². The van der Waals surface area contributed by atoms with Gasteiger partial charge in [-0.05, 0) is 31.0 Å². The Bertz CT molecular complexity index is 728. The lowest BCUT2D eigenvalue weighted by atomic mass is 9.86. The Balaban J connectivity index is 1.77. The number of benzene rings is 1. The molecule has 2 aromatic rings. The van der Waals surface area contributed by atoms with Crippen LogP contribution in [0.4, 0.5) is 0 Å². The van der Waals surface area contributed by atoms with Crippen LogP contribution in [0.2, 0.25) is 0 Å². The SMILES string of the molecule is COc1ccccc1-c1cc(C(=O)NC2CCCC2(C)CO)[nH]n1. The van der Waals surface area contributed by atoms with Gasteiger partial charge in [-0.25, -0.2) is 0 Å². The molecule has 1 aromatic carbocycles. The third-order valence-electron chi connectivity index (χ3n) is 4.95. The number of aromatic nitrogens is 2. The molecule has 24 heavy (non-hydrogen) atoms. The maximum atomic E-state index is 12.5. The van der Waals surface area contributed by atoms with Crippen LogP contribution in [-0.4, -0.2) is 41.0 Å². The fourth-order valence-corrected chi connectivity index (χ4v) is 3.34. The number of para-hydroxylation sites is 1. The van der Waals surface area contributed by atoms with Gasteiger partial charge in [-0.3, -0.25) is 9.89 Å². The molecule has 2 atom stereocenters. The number of aliphatic hydroxyl groups is 1. The first-order valence-corrected chi connectivity index (χ1v) is 8.18. The van der Waals surface area contributed by atoms with Crippen LogP contribution in [0.5, 0.6) is 5.75 Å². The van der Waals surface area contributed by atoms with Gasteiger partial charge in [-0.15, -0.1) is 0 Å². The molecule has 0 spiro atoms. The molecule has 1 aliphatic carbocycles. The van der Waals surface area contributed by atoms with E-state index in [9.17, 15) is 9.90 Å². The summed E-state index contributed by atoms with van der Waals surface area (Å²) in [6, 6.07) is 9.24. The molecule has 1 heterocycles. The maximum Gasteiger partial charge on any atom is 0.269 e. The van der Waals surface area contributed by atoms with Crippen molar-refractivity contribution in [1.82, 2.24) is 15.5 Å². The molecule has 1 fully saturated rings. The molecule has 0 saturated heterocycles. The molecule has 0 radical (unpaired) electrons. The molecule has 1 amide bonds. The monoisotopic (exact) mass is 329 g/mol. The highest BCUT2D eigenvalue weighted by Gasteiger charge is 2.39. The van der Waals surface area contributed by atoms with E-state index < -0.39 is 0 Å². The Morgan fingerprint density at radius 1 is 1.50 bits per heavy atom. The Hall–Kier alpha value is -2.34. The molecule has 128 valence electrons. The Morgan fingerprint density at radius 3 is 3.04 bits per heavy atom. The van der Waals surface area contributed by atoms with Gasteiger partial charge in [0.15, 0.2) is 0 Å². The van der Waals surface area contributed by atoms with E-state index in [-0.39, 0.29) is 24.0 Å². The highest BCUT2D eigenvalue weighted by atomic mass is 16.5. The zero-order valence-electron chi connectivity index (χ0n) is 14.0. The van der Waals surface area contributed by atoms with Crippen molar-refractivity contribution in [2.24, 2.45) is 5.41 Å². The van der Waals surface area contributed by atoms with E-state index in [0.717, 1.165) is 24.8 Å². The number of rotatable bonds is 5. The second kappa shape index (κ2) is 6.65. The quantitative estimate of drug-likeness (QED) is 0.786. The highest BCUT2D eigenvalue weighted by molar-refractivity contribution is 5.93. The second-order valence-corrected chi connectivity index (χ2v) is 6.60. The van der Waals surface area contributed by atoms with Crippen molar-refractivity contribution < 1.29 is 14.6 Å². The maximum absolute atomic E-state index is 12.5. The summed E-state index contributed by atoms with van der Waals surface area (Å²) in [5, 5.41) is 19.7. The summed E-state index contributed by atoms with van der Waals surface area (Å²) in [6.07, 6.45) is 2.82. The first-order chi connectivity index (χ1) is 11.6. The van der Waals surface area contributed by atoms with Crippen LogP contribution in [0.3, 0.4) is 0 Å². The Labute approximate surface area is 141 Å².